The van der Waals surface area contributed by atoms with Gasteiger partial charge < -0.3 is 25.8 Å². The molecule has 0 aliphatic rings. The van der Waals surface area contributed by atoms with Crippen molar-refractivity contribution < 1.29 is 33.9 Å². The molecule has 162 valence electrons. The van der Waals surface area contributed by atoms with E-state index in [4.69, 9.17) is 9.84 Å². The van der Waals surface area contributed by atoms with E-state index in [9.17, 15) is 29.3 Å². The zero-order chi connectivity index (χ0) is 23.0. The van der Waals surface area contributed by atoms with Crippen LogP contribution in [-0.2, 0) is 9.59 Å². The van der Waals surface area contributed by atoms with Crippen LogP contribution in [0.1, 0.15) is 16.8 Å². The third-order valence-electron chi connectivity index (χ3n) is 3.85. The lowest BCUT2D eigenvalue weighted by molar-refractivity contribution is -0.384. The van der Waals surface area contributed by atoms with E-state index in [-0.39, 0.29) is 22.7 Å². The number of ether oxygens (including phenoxy) is 1. The minimum absolute atomic E-state index is 0.0367. The molecule has 2 aromatic rings. The number of carbonyl (C=O) groups is 4. The van der Waals surface area contributed by atoms with E-state index in [2.05, 4.69) is 16.0 Å². The Morgan fingerprint density at radius 3 is 2.32 bits per heavy atom. The molecule has 0 atom stereocenters. The Morgan fingerprint density at radius 1 is 1.06 bits per heavy atom. The number of urea groups is 1. The van der Waals surface area contributed by atoms with E-state index < -0.39 is 41.6 Å². The lowest BCUT2D eigenvalue weighted by atomic mass is 10.2. The van der Waals surface area contributed by atoms with E-state index in [0.717, 1.165) is 0 Å². The monoisotopic (exact) mass is 430 g/mol. The Bertz CT molecular complexity index is 1020. The van der Waals surface area contributed by atoms with Gasteiger partial charge in [-0.25, -0.2) is 4.79 Å². The van der Waals surface area contributed by atoms with E-state index in [1.165, 1.54) is 49.6 Å². The van der Waals surface area contributed by atoms with Crippen LogP contribution >= 0.6 is 0 Å². The zero-order valence-electron chi connectivity index (χ0n) is 16.2. The van der Waals surface area contributed by atoms with Crippen molar-refractivity contribution in [2.45, 2.75) is 6.42 Å². The fraction of sp³-hybridized carbons (Fsp3) is 0.158. The number of nitro groups is 1. The molecule has 0 bridgehead atoms. The molecule has 0 radical (unpaired) electrons. The molecule has 0 spiro atoms. The Labute approximate surface area is 175 Å². The number of hydrogen-bond donors (Lipinski definition) is 4. The minimum atomic E-state index is -1.28. The Balaban J connectivity index is 1.96. The van der Waals surface area contributed by atoms with E-state index in [0.29, 0.717) is 5.69 Å². The van der Waals surface area contributed by atoms with Gasteiger partial charge in [-0.15, -0.1) is 0 Å². The van der Waals surface area contributed by atoms with E-state index >= 15 is 0 Å². The van der Waals surface area contributed by atoms with Crippen molar-refractivity contribution in [2.24, 2.45) is 0 Å². The largest absolute Gasteiger partial charge is 0.496 e. The van der Waals surface area contributed by atoms with Crippen LogP contribution in [0.4, 0.5) is 21.9 Å². The molecule has 0 unspecified atom stereocenters. The first-order valence-corrected chi connectivity index (χ1v) is 8.71. The van der Waals surface area contributed by atoms with Gasteiger partial charge in [0.1, 0.15) is 17.9 Å². The Morgan fingerprint density at radius 2 is 1.74 bits per heavy atom. The van der Waals surface area contributed by atoms with Crippen molar-refractivity contribution >= 4 is 40.8 Å². The summed E-state index contributed by atoms with van der Waals surface area (Å²) in [6.45, 7) is -0.422. The van der Waals surface area contributed by atoms with Crippen LogP contribution in [0.25, 0.3) is 0 Å². The number of benzene rings is 2. The summed E-state index contributed by atoms with van der Waals surface area (Å²) in [5, 5.41) is 26.8. The highest BCUT2D eigenvalue weighted by Crippen LogP contribution is 2.29. The molecule has 31 heavy (non-hydrogen) atoms. The number of nitrogens with one attached hydrogen (secondary N) is 3. The summed E-state index contributed by atoms with van der Waals surface area (Å²) in [6, 6.07) is 8.79. The number of nitro benzene ring substituents is 1. The lowest BCUT2D eigenvalue weighted by Gasteiger charge is -2.10. The van der Waals surface area contributed by atoms with Crippen LogP contribution < -0.4 is 20.7 Å². The second-order valence-electron chi connectivity index (χ2n) is 6.09. The number of aliphatic carboxylic acids is 1. The van der Waals surface area contributed by atoms with E-state index in [1.54, 1.807) is 0 Å². The van der Waals surface area contributed by atoms with Crippen LogP contribution in [0.2, 0.25) is 0 Å². The SMILES string of the molecule is COc1ccc(NC(=O)Nc2ccc(C(=O)NCC(=O)CC(=O)O)cc2)c([N+](=O)[O-])c1. The predicted molar refractivity (Wildman–Crippen MR) is 108 cm³/mol. The number of ketones is 1. The van der Waals surface area contributed by atoms with Gasteiger partial charge in [0, 0.05) is 11.3 Å². The molecule has 3 amide bonds. The van der Waals surface area contributed by atoms with Crippen LogP contribution in [0.5, 0.6) is 5.75 Å². The molecule has 2 aromatic carbocycles. The standard InChI is InChI=1S/C19H18N4O8/c1-31-14-6-7-15(16(9-14)23(29)30)22-19(28)21-12-4-2-11(3-5-12)18(27)20-10-13(24)8-17(25)26/h2-7,9H,8,10H2,1H3,(H,20,27)(H,25,26)(H2,21,22,28). The first kappa shape index (κ1) is 22.8. The highest BCUT2D eigenvalue weighted by atomic mass is 16.6. The van der Waals surface area contributed by atoms with Crippen LogP contribution in [0, 0.1) is 10.1 Å². The summed E-state index contributed by atoms with van der Waals surface area (Å²) < 4.78 is 4.93. The van der Waals surface area contributed by atoms with Gasteiger partial charge in [0.05, 0.1) is 24.6 Å². The van der Waals surface area contributed by atoms with Gasteiger partial charge in [-0.1, -0.05) is 0 Å². The second-order valence-corrected chi connectivity index (χ2v) is 6.09. The number of carboxylic acids is 1. The quantitative estimate of drug-likeness (QED) is 0.265. The number of nitrogens with zero attached hydrogens (tertiary/aromatic N) is 1. The number of rotatable bonds is 9. The van der Waals surface area contributed by atoms with Gasteiger partial charge in [0.15, 0.2) is 5.78 Å². The summed E-state index contributed by atoms with van der Waals surface area (Å²) in [7, 11) is 1.36. The number of Topliss-reactive ketones (excluding diaryl/α,β-unsaturated/α-hetero) is 1. The van der Waals surface area contributed by atoms with Crippen molar-refractivity contribution in [3.8, 4) is 5.75 Å². The molecule has 0 fully saturated rings. The molecule has 0 heterocycles. The third-order valence-corrected chi connectivity index (χ3v) is 3.85. The van der Waals surface area contributed by atoms with Gasteiger partial charge in [-0.3, -0.25) is 24.5 Å². The van der Waals surface area contributed by atoms with Crippen molar-refractivity contribution in [3.63, 3.8) is 0 Å². The number of amides is 3. The molecule has 0 aromatic heterocycles. The van der Waals surface area contributed by atoms with Gasteiger partial charge in [0.25, 0.3) is 11.6 Å². The molecule has 12 heteroatoms. The minimum Gasteiger partial charge on any atom is -0.496 e. The first-order valence-electron chi connectivity index (χ1n) is 8.71. The molecular weight excluding hydrogens is 412 g/mol. The fourth-order valence-electron chi connectivity index (χ4n) is 2.40. The summed E-state index contributed by atoms with van der Waals surface area (Å²) in [4.78, 5) is 56.4. The highest BCUT2D eigenvalue weighted by Gasteiger charge is 2.17. The van der Waals surface area contributed by atoms with Crippen molar-refractivity contribution in [2.75, 3.05) is 24.3 Å². The highest BCUT2D eigenvalue weighted by molar-refractivity contribution is 6.02. The van der Waals surface area contributed by atoms with Crippen molar-refractivity contribution in [1.82, 2.24) is 5.32 Å². The van der Waals surface area contributed by atoms with Crippen LogP contribution in [-0.4, -0.2) is 47.4 Å². The molecule has 0 aliphatic heterocycles. The Hall–Kier alpha value is -4.48. The number of carboxylic acid groups (broad SMARTS) is 1. The normalized spacial score (nSPS) is 9.97. The van der Waals surface area contributed by atoms with Gasteiger partial charge in [-0.05, 0) is 36.4 Å². The molecular formula is C19H18N4O8. The number of hydrogen-bond acceptors (Lipinski definition) is 7. The van der Waals surface area contributed by atoms with E-state index in [1.807, 2.05) is 0 Å². The van der Waals surface area contributed by atoms with Crippen molar-refractivity contribution in [1.29, 1.82) is 0 Å². The molecule has 0 saturated carbocycles. The van der Waals surface area contributed by atoms with Crippen LogP contribution in [0.15, 0.2) is 42.5 Å². The van der Waals surface area contributed by atoms with Crippen LogP contribution in [0.3, 0.4) is 0 Å². The Kier molecular flexibility index (Phi) is 7.61. The number of anilines is 2. The topological polar surface area (TPSA) is 177 Å². The maximum Gasteiger partial charge on any atom is 0.323 e. The number of carbonyl (C=O) groups excluding carboxylic acids is 3. The second kappa shape index (κ2) is 10.3. The summed E-state index contributed by atoms with van der Waals surface area (Å²) in [5.74, 6) is -2.27. The average molecular weight is 430 g/mol. The summed E-state index contributed by atoms with van der Waals surface area (Å²) >= 11 is 0. The average Bonchev–Trinajstić information content (AvgIpc) is 2.72. The predicted octanol–water partition coefficient (Wildman–Crippen LogP) is 2.02. The number of methoxy groups -OCH3 is 1. The molecule has 0 saturated heterocycles. The molecule has 0 aliphatic carbocycles. The van der Waals surface area contributed by atoms with Gasteiger partial charge in [0.2, 0.25) is 0 Å². The lowest BCUT2D eigenvalue weighted by Crippen LogP contribution is -2.30. The maximum atomic E-state index is 12.2. The van der Waals surface area contributed by atoms with Crippen molar-refractivity contribution in [3.05, 3.63) is 58.1 Å². The summed E-state index contributed by atoms with van der Waals surface area (Å²) in [6.07, 6.45) is -0.690. The van der Waals surface area contributed by atoms with Gasteiger partial charge >= 0.3 is 12.0 Å². The van der Waals surface area contributed by atoms with Gasteiger partial charge in [-0.2, -0.15) is 0 Å². The first-order chi connectivity index (χ1) is 14.7. The maximum absolute atomic E-state index is 12.2. The summed E-state index contributed by atoms with van der Waals surface area (Å²) in [5.41, 5.74) is 0.0938. The fourth-order valence-corrected chi connectivity index (χ4v) is 2.40. The molecule has 2 rings (SSSR count). The zero-order valence-corrected chi connectivity index (χ0v) is 16.2. The third kappa shape index (κ3) is 6.81. The smallest absolute Gasteiger partial charge is 0.323 e. The molecule has 12 nitrogen and oxygen atoms in total. The molecule has 4 N–H and O–H groups in total.